The Balaban J connectivity index is 2.66. The molecule has 0 aliphatic rings. The molecule has 1 aromatic heterocycles. The largest absolute Gasteiger partial charge is 0.310 e. The van der Waals surface area contributed by atoms with Gasteiger partial charge in [0.1, 0.15) is 10.4 Å². The molecule has 0 radical (unpaired) electrons. The molecule has 0 aromatic carbocycles. The fourth-order valence-corrected chi connectivity index (χ4v) is 1.36. The summed E-state index contributed by atoms with van der Waals surface area (Å²) in [6.07, 6.45) is 0. The normalized spacial score (nSPS) is 12.6. The Morgan fingerprint density at radius 1 is 1.40 bits per heavy atom. The molecule has 0 aliphatic carbocycles. The first-order valence-corrected chi connectivity index (χ1v) is 5.73. The fourth-order valence-electron chi connectivity index (χ4n) is 1.02. The summed E-state index contributed by atoms with van der Waals surface area (Å²) in [4.78, 5) is 15.8. The maximum absolute atomic E-state index is 11.7. The molecule has 4 heteroatoms. The molecule has 15 heavy (non-hydrogen) atoms. The Bertz CT molecular complexity index is 352. The number of pyridine rings is 1. The average molecular weight is 271 g/mol. The van der Waals surface area contributed by atoms with Crippen LogP contribution in [0.5, 0.6) is 0 Å². The summed E-state index contributed by atoms with van der Waals surface area (Å²) in [5.41, 5.74) is 0. The van der Waals surface area contributed by atoms with Crippen LogP contribution < -0.4 is 5.32 Å². The van der Waals surface area contributed by atoms with Gasteiger partial charge in [-0.3, -0.25) is 4.79 Å². The summed E-state index contributed by atoms with van der Waals surface area (Å²) < 4.78 is 0.720. The van der Waals surface area contributed by atoms with Crippen molar-refractivity contribution in [3.05, 3.63) is 22.8 Å². The minimum atomic E-state index is -0.00854. The zero-order valence-corrected chi connectivity index (χ0v) is 10.7. The van der Waals surface area contributed by atoms with Crippen molar-refractivity contribution in [1.29, 1.82) is 0 Å². The molecular formula is C11H15BrN2O. The predicted molar refractivity (Wildman–Crippen MR) is 64.6 cm³/mol. The topological polar surface area (TPSA) is 42.0 Å². The Labute approximate surface area is 98.4 Å². The van der Waals surface area contributed by atoms with Gasteiger partial charge in [0.2, 0.25) is 5.91 Å². The van der Waals surface area contributed by atoms with Crippen LogP contribution in [0.3, 0.4) is 0 Å². The van der Waals surface area contributed by atoms with Gasteiger partial charge in [-0.15, -0.1) is 0 Å². The summed E-state index contributed by atoms with van der Waals surface area (Å²) in [6, 6.07) is 5.43. The average Bonchev–Trinajstić information content (AvgIpc) is 2.16. The second-order valence-electron chi connectivity index (χ2n) is 3.87. The molecule has 1 atom stereocenters. The van der Waals surface area contributed by atoms with E-state index < -0.39 is 0 Å². The summed E-state index contributed by atoms with van der Waals surface area (Å²) in [6.45, 7) is 5.97. The molecule has 82 valence electrons. The summed E-state index contributed by atoms with van der Waals surface area (Å²) in [5.74, 6) is 0.917. The van der Waals surface area contributed by atoms with Crippen molar-refractivity contribution in [1.82, 2.24) is 4.98 Å². The first-order chi connectivity index (χ1) is 7.00. The van der Waals surface area contributed by atoms with E-state index in [0.29, 0.717) is 11.7 Å². The number of nitrogens with one attached hydrogen (secondary N) is 1. The van der Waals surface area contributed by atoms with E-state index in [1.165, 1.54) is 0 Å². The molecule has 1 unspecified atom stereocenters. The van der Waals surface area contributed by atoms with E-state index in [0.717, 1.165) is 4.60 Å². The van der Waals surface area contributed by atoms with Crippen molar-refractivity contribution < 1.29 is 4.79 Å². The Hall–Kier alpha value is -0.900. The lowest BCUT2D eigenvalue weighted by molar-refractivity contribution is -0.120. The second kappa shape index (κ2) is 5.26. The molecule has 0 aliphatic heterocycles. The monoisotopic (exact) mass is 270 g/mol. The molecule has 1 amide bonds. The van der Waals surface area contributed by atoms with Crippen LogP contribution in [-0.4, -0.2) is 10.9 Å². The molecule has 1 rings (SSSR count). The van der Waals surface area contributed by atoms with Gasteiger partial charge in [0.15, 0.2) is 0 Å². The standard InChI is InChI=1S/C11H15BrN2O/c1-7(2)8(3)11(15)14-10-6-4-5-9(12)13-10/h4-8H,1-3H3,(H,13,14,15). The van der Waals surface area contributed by atoms with E-state index in [1.807, 2.05) is 32.9 Å². The van der Waals surface area contributed by atoms with Gasteiger partial charge in [-0.1, -0.05) is 26.8 Å². The maximum atomic E-state index is 11.7. The Morgan fingerprint density at radius 2 is 2.07 bits per heavy atom. The third-order valence-corrected chi connectivity index (χ3v) is 2.82. The third-order valence-electron chi connectivity index (χ3n) is 2.38. The SMILES string of the molecule is CC(C)C(C)C(=O)Nc1cccc(Br)n1. The zero-order chi connectivity index (χ0) is 11.4. The minimum Gasteiger partial charge on any atom is -0.310 e. The number of halogens is 1. The lowest BCUT2D eigenvalue weighted by Crippen LogP contribution is -2.24. The van der Waals surface area contributed by atoms with Crippen LogP contribution in [0.1, 0.15) is 20.8 Å². The van der Waals surface area contributed by atoms with Crippen molar-refractivity contribution in [2.75, 3.05) is 5.32 Å². The summed E-state index contributed by atoms with van der Waals surface area (Å²) in [5, 5.41) is 2.78. The van der Waals surface area contributed by atoms with E-state index in [4.69, 9.17) is 0 Å². The summed E-state index contributed by atoms with van der Waals surface area (Å²) in [7, 11) is 0. The van der Waals surface area contributed by atoms with Crippen LogP contribution in [0.2, 0.25) is 0 Å². The van der Waals surface area contributed by atoms with E-state index in [-0.39, 0.29) is 11.8 Å². The number of nitrogens with zero attached hydrogens (tertiary/aromatic N) is 1. The van der Waals surface area contributed by atoms with Crippen LogP contribution in [0, 0.1) is 11.8 Å². The molecule has 0 saturated carbocycles. The zero-order valence-electron chi connectivity index (χ0n) is 9.12. The highest BCUT2D eigenvalue weighted by Crippen LogP contribution is 2.14. The van der Waals surface area contributed by atoms with Gasteiger partial charge in [-0.2, -0.15) is 0 Å². The molecule has 0 bridgehead atoms. The van der Waals surface area contributed by atoms with Gasteiger partial charge in [-0.25, -0.2) is 4.98 Å². The quantitative estimate of drug-likeness (QED) is 0.858. The first-order valence-electron chi connectivity index (χ1n) is 4.94. The van der Waals surface area contributed by atoms with Crippen molar-refractivity contribution >= 4 is 27.7 Å². The van der Waals surface area contributed by atoms with Crippen molar-refractivity contribution in [3.63, 3.8) is 0 Å². The van der Waals surface area contributed by atoms with Crippen LogP contribution in [0.25, 0.3) is 0 Å². The van der Waals surface area contributed by atoms with Crippen LogP contribution in [0.15, 0.2) is 22.8 Å². The van der Waals surface area contributed by atoms with Crippen molar-refractivity contribution in [2.45, 2.75) is 20.8 Å². The number of amides is 1. The van der Waals surface area contributed by atoms with E-state index in [9.17, 15) is 4.79 Å². The molecule has 1 aromatic rings. The van der Waals surface area contributed by atoms with Gasteiger partial charge >= 0.3 is 0 Å². The number of anilines is 1. The summed E-state index contributed by atoms with van der Waals surface area (Å²) >= 11 is 3.26. The number of hydrogen-bond donors (Lipinski definition) is 1. The molecule has 1 N–H and O–H groups in total. The Kier molecular flexibility index (Phi) is 4.27. The van der Waals surface area contributed by atoms with E-state index in [1.54, 1.807) is 6.07 Å². The van der Waals surface area contributed by atoms with E-state index in [2.05, 4.69) is 26.2 Å². The lowest BCUT2D eigenvalue weighted by Gasteiger charge is -2.14. The molecule has 0 saturated heterocycles. The van der Waals surface area contributed by atoms with Crippen molar-refractivity contribution in [3.8, 4) is 0 Å². The fraction of sp³-hybridized carbons (Fsp3) is 0.455. The first kappa shape index (κ1) is 12.2. The van der Waals surface area contributed by atoms with Crippen molar-refractivity contribution in [2.24, 2.45) is 11.8 Å². The molecular weight excluding hydrogens is 256 g/mol. The van der Waals surface area contributed by atoms with Gasteiger partial charge < -0.3 is 5.32 Å². The highest BCUT2D eigenvalue weighted by molar-refractivity contribution is 9.10. The van der Waals surface area contributed by atoms with E-state index >= 15 is 0 Å². The third kappa shape index (κ3) is 3.63. The highest BCUT2D eigenvalue weighted by Gasteiger charge is 2.16. The van der Waals surface area contributed by atoms with Crippen LogP contribution >= 0.6 is 15.9 Å². The Morgan fingerprint density at radius 3 is 2.60 bits per heavy atom. The van der Waals surface area contributed by atoms with Gasteiger partial charge in [0, 0.05) is 5.92 Å². The van der Waals surface area contributed by atoms with Gasteiger partial charge in [0.05, 0.1) is 0 Å². The number of carbonyl (C=O) groups is 1. The highest BCUT2D eigenvalue weighted by atomic mass is 79.9. The number of aromatic nitrogens is 1. The molecule has 1 heterocycles. The molecule has 0 spiro atoms. The second-order valence-corrected chi connectivity index (χ2v) is 4.68. The molecule has 3 nitrogen and oxygen atoms in total. The smallest absolute Gasteiger partial charge is 0.228 e. The van der Waals surface area contributed by atoms with Gasteiger partial charge in [-0.05, 0) is 34.0 Å². The number of carbonyl (C=O) groups excluding carboxylic acids is 1. The number of hydrogen-bond acceptors (Lipinski definition) is 2. The van der Waals surface area contributed by atoms with Crippen LogP contribution in [-0.2, 0) is 4.79 Å². The predicted octanol–water partition coefficient (Wildman–Crippen LogP) is 3.07. The van der Waals surface area contributed by atoms with Crippen LogP contribution in [0.4, 0.5) is 5.82 Å². The maximum Gasteiger partial charge on any atom is 0.228 e. The lowest BCUT2D eigenvalue weighted by atomic mass is 9.97. The molecule has 0 fully saturated rings. The minimum absolute atomic E-state index is 0.00854. The number of rotatable bonds is 3. The van der Waals surface area contributed by atoms with Gasteiger partial charge in [0.25, 0.3) is 0 Å².